The van der Waals surface area contributed by atoms with Crippen molar-refractivity contribution in [2.24, 2.45) is 0 Å². The van der Waals surface area contributed by atoms with Gasteiger partial charge >= 0.3 is 0 Å². The van der Waals surface area contributed by atoms with Crippen LogP contribution in [0.5, 0.6) is 0 Å². The predicted octanol–water partition coefficient (Wildman–Crippen LogP) is 13.8. The molecule has 8 aromatic carbocycles. The van der Waals surface area contributed by atoms with Crippen LogP contribution in [-0.4, -0.2) is 4.98 Å². The van der Waals surface area contributed by atoms with Crippen LogP contribution in [-0.2, 0) is 0 Å². The van der Waals surface area contributed by atoms with E-state index in [1.165, 1.54) is 38.4 Å². The maximum absolute atomic E-state index is 6.29. The highest BCUT2D eigenvalue weighted by Gasteiger charge is 2.17. The summed E-state index contributed by atoms with van der Waals surface area (Å²) in [7, 11) is 0. The van der Waals surface area contributed by atoms with E-state index < -0.39 is 0 Å². The normalized spacial score (nSPS) is 11.5. The lowest BCUT2D eigenvalue weighted by molar-refractivity contribution is 0.654. The molecule has 0 aliphatic carbocycles. The van der Waals surface area contributed by atoms with E-state index in [2.05, 4.69) is 198 Å². The van der Waals surface area contributed by atoms with Gasteiger partial charge in [-0.05, 0) is 116 Å². The molecule has 0 aliphatic heterocycles. The van der Waals surface area contributed by atoms with Gasteiger partial charge in [-0.25, -0.2) is 4.98 Å². The maximum atomic E-state index is 6.29. The zero-order chi connectivity index (χ0) is 34.4. The number of aromatic nitrogens is 1. The molecule has 3 nitrogen and oxygen atoms in total. The molecule has 244 valence electrons. The molecule has 0 atom stereocenters. The van der Waals surface area contributed by atoms with E-state index in [1.54, 1.807) is 0 Å². The van der Waals surface area contributed by atoms with Gasteiger partial charge in [0.05, 0.1) is 5.39 Å². The summed E-state index contributed by atoms with van der Waals surface area (Å²) >= 11 is 0. The monoisotopic (exact) mass is 664 g/mol. The Morgan fingerprint density at radius 3 is 1.71 bits per heavy atom. The first-order valence-electron chi connectivity index (χ1n) is 17.6. The van der Waals surface area contributed by atoms with Crippen LogP contribution < -0.4 is 4.90 Å². The van der Waals surface area contributed by atoms with E-state index >= 15 is 0 Å². The van der Waals surface area contributed by atoms with Crippen molar-refractivity contribution < 1.29 is 4.42 Å². The summed E-state index contributed by atoms with van der Waals surface area (Å²) in [6.45, 7) is 0. The molecule has 2 heterocycles. The zero-order valence-corrected chi connectivity index (χ0v) is 28.3. The second kappa shape index (κ2) is 12.4. The Morgan fingerprint density at radius 1 is 0.385 bits per heavy atom. The predicted molar refractivity (Wildman–Crippen MR) is 218 cm³/mol. The van der Waals surface area contributed by atoms with Gasteiger partial charge in [-0.3, -0.25) is 0 Å². The van der Waals surface area contributed by atoms with Crippen molar-refractivity contribution in [1.82, 2.24) is 4.98 Å². The van der Waals surface area contributed by atoms with Gasteiger partial charge in [-0.1, -0.05) is 127 Å². The number of pyridine rings is 1. The third-order valence-electron chi connectivity index (χ3n) is 10.1. The fourth-order valence-electron chi connectivity index (χ4n) is 7.49. The number of fused-ring (bicyclic) bond motifs is 5. The second-order valence-corrected chi connectivity index (χ2v) is 13.2. The molecule has 0 bridgehead atoms. The van der Waals surface area contributed by atoms with Crippen LogP contribution in [0.15, 0.2) is 199 Å². The molecule has 10 rings (SSSR count). The molecule has 0 amide bonds. The van der Waals surface area contributed by atoms with E-state index in [0.717, 1.165) is 49.9 Å². The van der Waals surface area contributed by atoms with Crippen LogP contribution in [0.4, 0.5) is 17.1 Å². The van der Waals surface area contributed by atoms with E-state index in [4.69, 9.17) is 4.42 Å². The third-order valence-corrected chi connectivity index (χ3v) is 10.1. The molecule has 2 aromatic heterocycles. The van der Waals surface area contributed by atoms with Crippen LogP contribution in [0.1, 0.15) is 0 Å². The smallest absolute Gasteiger partial charge is 0.227 e. The molecule has 0 unspecified atom stereocenters. The quantitative estimate of drug-likeness (QED) is 0.177. The average molecular weight is 665 g/mol. The molecule has 0 spiro atoms. The van der Waals surface area contributed by atoms with Crippen molar-refractivity contribution in [3.8, 4) is 33.4 Å². The minimum absolute atomic E-state index is 0.650. The van der Waals surface area contributed by atoms with Gasteiger partial charge in [0.2, 0.25) is 5.71 Å². The zero-order valence-electron chi connectivity index (χ0n) is 28.3. The Hall–Kier alpha value is -6.97. The number of hydrogen-bond acceptors (Lipinski definition) is 3. The summed E-state index contributed by atoms with van der Waals surface area (Å²) in [5.74, 6) is 0. The first-order chi connectivity index (χ1) is 25.7. The highest BCUT2D eigenvalue weighted by atomic mass is 16.3. The van der Waals surface area contributed by atoms with Crippen molar-refractivity contribution in [3.63, 3.8) is 0 Å². The number of anilines is 3. The molecule has 0 saturated carbocycles. The fourth-order valence-corrected chi connectivity index (χ4v) is 7.49. The summed E-state index contributed by atoms with van der Waals surface area (Å²) in [6, 6.07) is 67.1. The molecule has 10 aromatic rings. The second-order valence-electron chi connectivity index (χ2n) is 13.2. The van der Waals surface area contributed by atoms with Crippen LogP contribution in [0.2, 0.25) is 0 Å². The van der Waals surface area contributed by atoms with E-state index in [1.807, 2.05) is 6.20 Å². The molecule has 3 heteroatoms. The number of furan rings is 1. The number of nitrogens with zero attached hydrogens (tertiary/aromatic N) is 2. The topological polar surface area (TPSA) is 29.3 Å². The van der Waals surface area contributed by atoms with Crippen molar-refractivity contribution in [2.75, 3.05) is 4.90 Å². The van der Waals surface area contributed by atoms with E-state index in [9.17, 15) is 0 Å². The minimum atomic E-state index is 0.650. The average Bonchev–Trinajstić information content (AvgIpc) is 3.58. The summed E-state index contributed by atoms with van der Waals surface area (Å²) in [5, 5.41) is 6.92. The Balaban J connectivity index is 1.08. The standard InChI is InChI=1S/C49H32N2O/c1-2-9-33(10-3-1)35-19-23-42(24-20-35)51(44-16-8-15-38(30-44)41-18-17-34-11-4-5-12-37(34)29-41)43-25-21-36(22-26-43)45-27-28-50-49-48(45)46-31-39-13-6-7-14-40(39)32-47(46)52-49/h1-32H. The van der Waals surface area contributed by atoms with Gasteiger partial charge < -0.3 is 9.32 Å². The Morgan fingerprint density at radius 2 is 0.962 bits per heavy atom. The maximum Gasteiger partial charge on any atom is 0.227 e. The van der Waals surface area contributed by atoms with Gasteiger partial charge in [-0.2, -0.15) is 0 Å². The summed E-state index contributed by atoms with van der Waals surface area (Å²) < 4.78 is 6.29. The van der Waals surface area contributed by atoms with Crippen LogP contribution in [0.3, 0.4) is 0 Å². The highest BCUT2D eigenvalue weighted by Crippen LogP contribution is 2.41. The molecule has 0 radical (unpaired) electrons. The summed E-state index contributed by atoms with van der Waals surface area (Å²) in [6.07, 6.45) is 1.84. The highest BCUT2D eigenvalue weighted by molar-refractivity contribution is 6.14. The Labute approximate surface area is 301 Å². The van der Waals surface area contributed by atoms with E-state index in [-0.39, 0.29) is 0 Å². The first-order valence-corrected chi connectivity index (χ1v) is 17.6. The lowest BCUT2D eigenvalue weighted by Gasteiger charge is -2.26. The molecule has 0 fully saturated rings. The third kappa shape index (κ3) is 5.28. The summed E-state index contributed by atoms with van der Waals surface area (Å²) in [4.78, 5) is 6.96. The van der Waals surface area contributed by atoms with Crippen molar-refractivity contribution in [2.45, 2.75) is 0 Å². The number of rotatable bonds is 6. The van der Waals surface area contributed by atoms with Gasteiger partial charge in [0.15, 0.2) is 0 Å². The van der Waals surface area contributed by atoms with Crippen molar-refractivity contribution in [3.05, 3.63) is 194 Å². The van der Waals surface area contributed by atoms with Crippen molar-refractivity contribution in [1.29, 1.82) is 0 Å². The number of hydrogen-bond donors (Lipinski definition) is 0. The molecule has 0 N–H and O–H groups in total. The molecule has 52 heavy (non-hydrogen) atoms. The fraction of sp³-hybridized carbons (Fsp3) is 0. The Kier molecular flexibility index (Phi) is 7.14. The summed E-state index contributed by atoms with van der Waals surface area (Å²) in [5.41, 5.74) is 11.7. The molecule has 0 saturated heterocycles. The van der Waals surface area contributed by atoms with Gasteiger partial charge in [-0.15, -0.1) is 0 Å². The lowest BCUT2D eigenvalue weighted by Crippen LogP contribution is -2.10. The van der Waals surface area contributed by atoms with Crippen LogP contribution in [0, 0.1) is 0 Å². The van der Waals surface area contributed by atoms with Gasteiger partial charge in [0, 0.05) is 28.6 Å². The van der Waals surface area contributed by atoms with Crippen molar-refractivity contribution >= 4 is 60.7 Å². The number of benzene rings is 8. The molecule has 0 aliphatic rings. The SMILES string of the molecule is c1ccc(-c2ccc(N(c3ccc(-c4ccnc5oc6cc7ccccc7cc6c45)cc3)c3cccc(-c4ccc5ccccc5c4)c3)cc2)cc1. The van der Waals surface area contributed by atoms with E-state index in [0.29, 0.717) is 5.71 Å². The Bertz CT molecular complexity index is 2890. The van der Waals surface area contributed by atoms with Crippen LogP contribution >= 0.6 is 0 Å². The van der Waals surface area contributed by atoms with Gasteiger partial charge in [0.1, 0.15) is 5.58 Å². The molecular formula is C49H32N2O. The largest absolute Gasteiger partial charge is 0.438 e. The van der Waals surface area contributed by atoms with Gasteiger partial charge in [0.25, 0.3) is 0 Å². The minimum Gasteiger partial charge on any atom is -0.438 e. The lowest BCUT2D eigenvalue weighted by atomic mass is 9.99. The van der Waals surface area contributed by atoms with Crippen LogP contribution in [0.25, 0.3) is 77.0 Å². The first kappa shape index (κ1) is 29.9. The molecular weight excluding hydrogens is 633 g/mol.